The molecule has 0 fully saturated rings. The summed E-state index contributed by atoms with van der Waals surface area (Å²) in [6.45, 7) is 9.67. The standard InChI is InChI=1S/C8H23NSi2/c1-6-7-8-11(4,5)9(2)10-3/h6-8,10H2,1-5H3. The number of nitrogens with zero attached hydrogens (tertiary/aromatic N) is 1. The molecule has 0 aliphatic rings. The topological polar surface area (TPSA) is 3.24 Å². The average molecular weight is 189 g/mol. The third kappa shape index (κ3) is 4.08. The van der Waals surface area contributed by atoms with Gasteiger partial charge >= 0.3 is 0 Å². The Labute approximate surface area is 75.2 Å². The molecule has 68 valence electrons. The second-order valence-electron chi connectivity index (χ2n) is 3.93. The lowest BCUT2D eigenvalue weighted by molar-refractivity contribution is 0.755. The number of unbranched alkanes of at least 4 members (excludes halogenated alkanes) is 1. The van der Waals surface area contributed by atoms with E-state index in [-0.39, 0.29) is 9.68 Å². The summed E-state index contributed by atoms with van der Waals surface area (Å²) in [7, 11) is 1.50. The van der Waals surface area contributed by atoms with E-state index in [2.05, 4.69) is 37.8 Å². The molecule has 0 radical (unpaired) electrons. The molecule has 0 N–H and O–H groups in total. The largest absolute Gasteiger partial charge is 0.353 e. The molecule has 0 aromatic heterocycles. The zero-order chi connectivity index (χ0) is 8.91. The van der Waals surface area contributed by atoms with E-state index in [0.29, 0.717) is 0 Å². The Morgan fingerprint density at radius 3 is 2.27 bits per heavy atom. The number of rotatable bonds is 5. The van der Waals surface area contributed by atoms with Crippen molar-refractivity contribution in [2.45, 2.75) is 45.5 Å². The normalized spacial score (nSPS) is 13.6. The minimum absolute atomic E-state index is 0.101. The Hall–Kier alpha value is 0.394. The summed E-state index contributed by atoms with van der Waals surface area (Å²) in [4.78, 5) is 0. The van der Waals surface area contributed by atoms with Gasteiger partial charge in [-0.3, -0.25) is 0 Å². The third-order valence-corrected chi connectivity index (χ3v) is 10.8. The van der Waals surface area contributed by atoms with E-state index < -0.39 is 8.24 Å². The van der Waals surface area contributed by atoms with Gasteiger partial charge in [0.25, 0.3) is 0 Å². The van der Waals surface area contributed by atoms with Crippen LogP contribution in [0.1, 0.15) is 19.8 Å². The highest BCUT2D eigenvalue weighted by molar-refractivity contribution is 6.79. The van der Waals surface area contributed by atoms with Crippen molar-refractivity contribution < 1.29 is 0 Å². The van der Waals surface area contributed by atoms with Gasteiger partial charge in [-0.2, -0.15) is 0 Å². The van der Waals surface area contributed by atoms with Crippen LogP contribution < -0.4 is 0 Å². The molecule has 0 atom stereocenters. The summed E-state index contributed by atoms with van der Waals surface area (Å²) in [6.07, 6.45) is 2.79. The van der Waals surface area contributed by atoms with Gasteiger partial charge in [0.15, 0.2) is 0 Å². The van der Waals surface area contributed by atoms with Crippen molar-refractivity contribution in [3.63, 3.8) is 0 Å². The minimum Gasteiger partial charge on any atom is -0.353 e. The van der Waals surface area contributed by atoms with Crippen molar-refractivity contribution in [3.05, 3.63) is 0 Å². The molecule has 0 saturated carbocycles. The zero-order valence-electron chi connectivity index (χ0n) is 8.78. The summed E-state index contributed by atoms with van der Waals surface area (Å²) in [6, 6.07) is 1.49. The highest BCUT2D eigenvalue weighted by atomic mass is 28.4. The van der Waals surface area contributed by atoms with Crippen molar-refractivity contribution in [2.24, 2.45) is 0 Å². The maximum atomic E-state index is 2.70. The van der Waals surface area contributed by atoms with E-state index >= 15 is 0 Å². The molecule has 0 amide bonds. The average Bonchev–Trinajstić information content (AvgIpc) is 1.99. The Morgan fingerprint density at radius 1 is 1.36 bits per heavy atom. The van der Waals surface area contributed by atoms with Crippen LogP contribution in [0.4, 0.5) is 0 Å². The second kappa shape index (κ2) is 5.11. The van der Waals surface area contributed by atoms with Crippen molar-refractivity contribution in [2.75, 3.05) is 7.05 Å². The van der Waals surface area contributed by atoms with E-state index in [9.17, 15) is 0 Å². The van der Waals surface area contributed by atoms with Crippen LogP contribution in [0, 0.1) is 0 Å². The van der Waals surface area contributed by atoms with E-state index in [1.807, 2.05) is 0 Å². The quantitative estimate of drug-likeness (QED) is 0.599. The van der Waals surface area contributed by atoms with Gasteiger partial charge in [-0.15, -0.1) is 0 Å². The summed E-state index contributed by atoms with van der Waals surface area (Å²) < 4.78 is 2.70. The molecule has 0 rings (SSSR count). The third-order valence-electron chi connectivity index (χ3n) is 2.65. The van der Waals surface area contributed by atoms with E-state index in [0.717, 1.165) is 0 Å². The highest BCUT2D eigenvalue weighted by Gasteiger charge is 2.23. The molecule has 0 spiro atoms. The smallest absolute Gasteiger partial charge is 0.114 e. The molecular weight excluding hydrogens is 166 g/mol. The molecule has 0 bridgehead atoms. The van der Waals surface area contributed by atoms with Gasteiger partial charge in [0.05, 0.1) is 9.68 Å². The van der Waals surface area contributed by atoms with E-state index in [1.54, 1.807) is 0 Å². The molecule has 1 nitrogen and oxygen atoms in total. The van der Waals surface area contributed by atoms with Crippen LogP contribution in [0.15, 0.2) is 0 Å². The lowest BCUT2D eigenvalue weighted by Gasteiger charge is -2.32. The van der Waals surface area contributed by atoms with Gasteiger partial charge in [0, 0.05) is 0 Å². The Kier molecular flexibility index (Phi) is 5.30. The Bertz CT molecular complexity index is 104. The Morgan fingerprint density at radius 2 is 1.91 bits per heavy atom. The lowest BCUT2D eigenvalue weighted by atomic mass is 10.4. The summed E-state index contributed by atoms with van der Waals surface area (Å²) >= 11 is 0. The van der Waals surface area contributed by atoms with Crippen LogP contribution in [0.5, 0.6) is 0 Å². The van der Waals surface area contributed by atoms with Gasteiger partial charge in [0.1, 0.15) is 8.24 Å². The molecule has 0 saturated heterocycles. The van der Waals surface area contributed by atoms with Gasteiger partial charge in [0.2, 0.25) is 0 Å². The van der Waals surface area contributed by atoms with Crippen molar-refractivity contribution >= 4 is 17.9 Å². The molecule has 0 unspecified atom stereocenters. The molecular formula is C8H23NSi2. The maximum absolute atomic E-state index is 2.70. The van der Waals surface area contributed by atoms with Crippen LogP contribution in [0.25, 0.3) is 0 Å². The van der Waals surface area contributed by atoms with E-state index in [1.165, 1.54) is 18.9 Å². The lowest BCUT2D eigenvalue weighted by Crippen LogP contribution is -2.47. The highest BCUT2D eigenvalue weighted by Crippen LogP contribution is 2.15. The van der Waals surface area contributed by atoms with Crippen molar-refractivity contribution in [1.82, 2.24) is 4.23 Å². The number of hydrogen-bond acceptors (Lipinski definition) is 1. The van der Waals surface area contributed by atoms with E-state index in [4.69, 9.17) is 0 Å². The fraction of sp³-hybridized carbons (Fsp3) is 1.00. The Balaban J connectivity index is 3.77. The van der Waals surface area contributed by atoms with Crippen LogP contribution in [0.3, 0.4) is 0 Å². The fourth-order valence-corrected chi connectivity index (χ4v) is 6.73. The summed E-state index contributed by atoms with van der Waals surface area (Å²) in [5.74, 6) is 0. The molecule has 0 aromatic rings. The van der Waals surface area contributed by atoms with Crippen molar-refractivity contribution in [1.29, 1.82) is 0 Å². The molecule has 0 aromatic carbocycles. The monoisotopic (exact) mass is 189 g/mol. The van der Waals surface area contributed by atoms with Crippen molar-refractivity contribution in [3.8, 4) is 0 Å². The molecule has 11 heavy (non-hydrogen) atoms. The minimum atomic E-state index is -0.933. The van der Waals surface area contributed by atoms with Gasteiger partial charge in [-0.1, -0.05) is 39.4 Å². The van der Waals surface area contributed by atoms with Gasteiger partial charge in [-0.05, 0) is 13.1 Å². The van der Waals surface area contributed by atoms with Crippen LogP contribution in [-0.4, -0.2) is 29.2 Å². The van der Waals surface area contributed by atoms with Crippen LogP contribution in [0.2, 0.25) is 25.7 Å². The predicted octanol–water partition coefficient (Wildman–Crippen LogP) is 2.06. The first-order chi connectivity index (χ1) is 5.04. The maximum Gasteiger partial charge on any atom is 0.114 e. The SMILES string of the molecule is CCCC[Si](C)(C)N(C)[SiH2]C. The van der Waals surface area contributed by atoms with Crippen LogP contribution in [-0.2, 0) is 0 Å². The first kappa shape index (κ1) is 11.4. The second-order valence-corrected chi connectivity index (χ2v) is 11.0. The van der Waals surface area contributed by atoms with Crippen LogP contribution >= 0.6 is 0 Å². The first-order valence-corrected chi connectivity index (χ1v) is 9.96. The molecule has 0 heterocycles. The summed E-state index contributed by atoms with van der Waals surface area (Å²) in [5.41, 5.74) is 0. The zero-order valence-corrected chi connectivity index (χ0v) is 11.2. The summed E-state index contributed by atoms with van der Waals surface area (Å²) in [5, 5.41) is 0. The fourth-order valence-electron chi connectivity index (χ4n) is 1.23. The van der Waals surface area contributed by atoms with Gasteiger partial charge in [-0.25, -0.2) is 0 Å². The number of hydrogen-bond donors (Lipinski definition) is 0. The van der Waals surface area contributed by atoms with Gasteiger partial charge < -0.3 is 4.23 Å². The molecule has 3 heteroatoms. The predicted molar refractivity (Wildman–Crippen MR) is 59.4 cm³/mol. The molecule has 0 aliphatic heterocycles. The molecule has 0 aliphatic carbocycles. The first-order valence-electron chi connectivity index (χ1n) is 4.75.